The number of nitrogens with one attached hydrogen (secondary N) is 1. The lowest BCUT2D eigenvalue weighted by atomic mass is 10.0. The molecule has 0 aliphatic heterocycles. The van der Waals surface area contributed by atoms with Crippen LogP contribution in [0.5, 0.6) is 0 Å². The van der Waals surface area contributed by atoms with Gasteiger partial charge >= 0.3 is 0 Å². The van der Waals surface area contributed by atoms with E-state index >= 15 is 0 Å². The van der Waals surface area contributed by atoms with E-state index in [1.54, 1.807) is 18.2 Å². The lowest BCUT2D eigenvalue weighted by molar-refractivity contribution is -0.140. The number of benzene rings is 3. The van der Waals surface area contributed by atoms with Crippen LogP contribution in [0.2, 0.25) is 15.1 Å². The molecule has 1 N–H and O–H groups in total. The first-order chi connectivity index (χ1) is 19.4. The predicted octanol–water partition coefficient (Wildman–Crippen LogP) is 6.11. The highest BCUT2D eigenvalue weighted by Crippen LogP contribution is 2.27. The van der Waals surface area contributed by atoms with Crippen molar-refractivity contribution in [2.45, 2.75) is 38.8 Å². The number of unbranched alkanes of at least 4 members (excludes halogenated alkanes) is 1. The first-order valence-corrected chi connectivity index (χ1v) is 15.9. The summed E-state index contributed by atoms with van der Waals surface area (Å²) in [6, 6.07) is 16.4. The van der Waals surface area contributed by atoms with Crippen molar-refractivity contribution in [3.63, 3.8) is 0 Å². The van der Waals surface area contributed by atoms with Crippen molar-refractivity contribution in [2.24, 2.45) is 0 Å². The Kier molecular flexibility index (Phi) is 11.8. The molecule has 1 unspecified atom stereocenters. The van der Waals surface area contributed by atoms with E-state index in [-0.39, 0.29) is 34.6 Å². The molecule has 3 aromatic carbocycles. The molecule has 0 aliphatic carbocycles. The van der Waals surface area contributed by atoms with Gasteiger partial charge in [-0.15, -0.1) is 0 Å². The Morgan fingerprint density at radius 3 is 2.24 bits per heavy atom. The van der Waals surface area contributed by atoms with Gasteiger partial charge in [0.1, 0.15) is 18.4 Å². The third kappa shape index (κ3) is 9.33. The van der Waals surface area contributed by atoms with Crippen LogP contribution in [0.25, 0.3) is 0 Å². The molecule has 0 bridgehead atoms. The molecule has 0 aromatic heterocycles. The molecule has 3 aromatic rings. The van der Waals surface area contributed by atoms with Gasteiger partial charge in [-0.1, -0.05) is 84.5 Å². The molecular formula is C29H31Cl3FN3O4S. The maximum Gasteiger partial charge on any atom is 0.244 e. The maximum absolute atomic E-state index is 14.0. The summed E-state index contributed by atoms with van der Waals surface area (Å²) >= 11 is 18.3. The van der Waals surface area contributed by atoms with Crippen molar-refractivity contribution in [3.05, 3.63) is 98.7 Å². The Morgan fingerprint density at radius 2 is 1.63 bits per heavy atom. The quantitative estimate of drug-likeness (QED) is 0.228. The lowest BCUT2D eigenvalue weighted by Crippen LogP contribution is -2.53. The van der Waals surface area contributed by atoms with Crippen LogP contribution < -0.4 is 9.62 Å². The number of amides is 2. The number of halogens is 4. The fourth-order valence-electron chi connectivity index (χ4n) is 4.15. The highest BCUT2D eigenvalue weighted by Gasteiger charge is 2.33. The average Bonchev–Trinajstić information content (AvgIpc) is 2.92. The highest BCUT2D eigenvalue weighted by molar-refractivity contribution is 7.92. The van der Waals surface area contributed by atoms with Gasteiger partial charge in [0.15, 0.2) is 0 Å². The molecule has 3 rings (SSSR count). The smallest absolute Gasteiger partial charge is 0.244 e. The van der Waals surface area contributed by atoms with Gasteiger partial charge < -0.3 is 10.2 Å². The van der Waals surface area contributed by atoms with E-state index in [1.165, 1.54) is 11.0 Å². The van der Waals surface area contributed by atoms with Gasteiger partial charge in [0, 0.05) is 19.5 Å². The van der Waals surface area contributed by atoms with Gasteiger partial charge in [0.25, 0.3) is 0 Å². The summed E-state index contributed by atoms with van der Waals surface area (Å²) in [6.45, 7) is 1.69. The van der Waals surface area contributed by atoms with Gasteiger partial charge in [-0.2, -0.15) is 0 Å². The summed E-state index contributed by atoms with van der Waals surface area (Å²) in [4.78, 5) is 28.9. The van der Waals surface area contributed by atoms with Crippen molar-refractivity contribution < 1.29 is 22.4 Å². The van der Waals surface area contributed by atoms with Crippen LogP contribution >= 0.6 is 34.8 Å². The Morgan fingerprint density at radius 1 is 0.927 bits per heavy atom. The Bertz CT molecular complexity index is 1480. The van der Waals surface area contributed by atoms with Crippen molar-refractivity contribution in [3.8, 4) is 0 Å². The van der Waals surface area contributed by atoms with Crippen LogP contribution in [0.3, 0.4) is 0 Å². The molecule has 0 saturated heterocycles. The minimum atomic E-state index is -4.02. The van der Waals surface area contributed by atoms with Crippen LogP contribution in [0.1, 0.15) is 30.9 Å². The van der Waals surface area contributed by atoms with E-state index in [0.29, 0.717) is 17.1 Å². The number of carbonyl (C=O) groups excluding carboxylic acids is 2. The van der Waals surface area contributed by atoms with Crippen molar-refractivity contribution >= 4 is 62.3 Å². The number of carbonyl (C=O) groups is 2. The molecule has 0 fully saturated rings. The molecule has 220 valence electrons. The molecular weight excluding hydrogens is 612 g/mol. The maximum atomic E-state index is 14.0. The number of sulfonamides is 1. The summed E-state index contributed by atoms with van der Waals surface area (Å²) in [5, 5.41) is 3.19. The van der Waals surface area contributed by atoms with E-state index in [1.807, 2.05) is 37.3 Å². The average molecular weight is 643 g/mol. The summed E-state index contributed by atoms with van der Waals surface area (Å²) < 4.78 is 40.3. The highest BCUT2D eigenvalue weighted by atomic mass is 35.5. The second-order valence-corrected chi connectivity index (χ2v) is 12.6. The van der Waals surface area contributed by atoms with Crippen LogP contribution in [0.4, 0.5) is 10.1 Å². The number of rotatable bonds is 13. The van der Waals surface area contributed by atoms with Crippen LogP contribution in [0.15, 0.2) is 66.7 Å². The Balaban J connectivity index is 2.06. The fourth-order valence-corrected chi connectivity index (χ4v) is 5.49. The van der Waals surface area contributed by atoms with E-state index in [2.05, 4.69) is 5.32 Å². The third-order valence-electron chi connectivity index (χ3n) is 6.31. The van der Waals surface area contributed by atoms with Crippen molar-refractivity contribution in [1.29, 1.82) is 0 Å². The normalized spacial score (nSPS) is 12.0. The number of anilines is 1. The lowest BCUT2D eigenvalue weighted by Gasteiger charge is -2.33. The molecule has 7 nitrogen and oxygen atoms in total. The molecule has 0 aliphatic rings. The zero-order valence-corrected chi connectivity index (χ0v) is 25.7. The molecule has 0 saturated carbocycles. The van der Waals surface area contributed by atoms with Gasteiger partial charge in [0.05, 0.1) is 27.0 Å². The molecule has 12 heteroatoms. The molecule has 0 radical (unpaired) electrons. The molecule has 0 heterocycles. The van der Waals surface area contributed by atoms with Gasteiger partial charge in [-0.3, -0.25) is 13.9 Å². The van der Waals surface area contributed by atoms with Gasteiger partial charge in [-0.05, 0) is 47.9 Å². The van der Waals surface area contributed by atoms with Crippen LogP contribution in [0, 0.1) is 5.82 Å². The zero-order chi connectivity index (χ0) is 30.2. The first-order valence-electron chi connectivity index (χ1n) is 12.9. The summed E-state index contributed by atoms with van der Waals surface area (Å²) in [5.74, 6) is -1.77. The van der Waals surface area contributed by atoms with E-state index < -0.39 is 34.3 Å². The standard InChI is InChI=1S/C29H31Cl3FN3O4S/c1-3-4-14-34-29(38)27(16-20-8-6-5-7-9-20)35(18-21-10-12-23(30)24(31)15-21)28(37)19-36(41(2,39)40)22-11-13-26(33)25(32)17-22/h5-13,15,17,27H,3-4,14,16,18-19H2,1-2H3,(H,34,38). The Hall–Kier alpha value is -2.85. The summed E-state index contributed by atoms with van der Waals surface area (Å²) in [7, 11) is -4.02. The van der Waals surface area contributed by atoms with Gasteiger partial charge in [-0.25, -0.2) is 12.8 Å². The predicted molar refractivity (Wildman–Crippen MR) is 162 cm³/mol. The third-order valence-corrected chi connectivity index (χ3v) is 8.48. The number of nitrogens with zero attached hydrogens (tertiary/aromatic N) is 2. The molecule has 41 heavy (non-hydrogen) atoms. The van der Waals surface area contributed by atoms with Crippen molar-refractivity contribution in [1.82, 2.24) is 10.2 Å². The van der Waals surface area contributed by atoms with E-state index in [4.69, 9.17) is 34.8 Å². The minimum Gasteiger partial charge on any atom is -0.354 e. The molecule has 2 amide bonds. The topological polar surface area (TPSA) is 86.8 Å². The molecule has 0 spiro atoms. The fraction of sp³-hybridized carbons (Fsp3) is 0.310. The zero-order valence-electron chi connectivity index (χ0n) is 22.6. The minimum absolute atomic E-state index is 0.00810. The number of hydrogen-bond donors (Lipinski definition) is 1. The second-order valence-electron chi connectivity index (χ2n) is 9.49. The summed E-state index contributed by atoms with van der Waals surface area (Å²) in [6.07, 6.45) is 2.71. The van der Waals surface area contributed by atoms with Crippen LogP contribution in [-0.4, -0.2) is 50.5 Å². The first kappa shape index (κ1) is 32.7. The van der Waals surface area contributed by atoms with E-state index in [9.17, 15) is 22.4 Å². The largest absolute Gasteiger partial charge is 0.354 e. The second kappa shape index (κ2) is 14.9. The summed E-state index contributed by atoms with van der Waals surface area (Å²) in [5.41, 5.74) is 1.40. The monoisotopic (exact) mass is 641 g/mol. The SMILES string of the molecule is CCCCNC(=O)C(Cc1ccccc1)N(Cc1ccc(Cl)c(Cl)c1)C(=O)CN(c1ccc(F)c(Cl)c1)S(C)(=O)=O. The van der Waals surface area contributed by atoms with Gasteiger partial charge in [0.2, 0.25) is 21.8 Å². The Labute approximate surface area is 255 Å². The van der Waals surface area contributed by atoms with Crippen LogP contribution in [-0.2, 0) is 32.6 Å². The number of hydrogen-bond acceptors (Lipinski definition) is 4. The van der Waals surface area contributed by atoms with E-state index in [0.717, 1.165) is 41.1 Å². The van der Waals surface area contributed by atoms with Crippen molar-refractivity contribution in [2.75, 3.05) is 23.7 Å². The molecule has 1 atom stereocenters.